The van der Waals surface area contributed by atoms with Crippen molar-refractivity contribution in [3.63, 3.8) is 0 Å². The molecule has 2 aromatic rings. The van der Waals surface area contributed by atoms with E-state index in [-0.39, 0.29) is 4.34 Å². The van der Waals surface area contributed by atoms with Gasteiger partial charge in [0.15, 0.2) is 0 Å². The van der Waals surface area contributed by atoms with Crippen LogP contribution in [0.2, 0.25) is 0 Å². The van der Waals surface area contributed by atoms with Crippen LogP contribution < -0.4 is 0 Å². The summed E-state index contributed by atoms with van der Waals surface area (Å²) in [4.78, 5) is 8.61. The van der Waals surface area contributed by atoms with Gasteiger partial charge in [0.05, 0.1) is 0 Å². The number of pyridine rings is 1. The molecule has 0 saturated carbocycles. The predicted molar refractivity (Wildman–Crippen MR) is 50.5 cm³/mol. The Morgan fingerprint density at radius 3 is 2.85 bits per heavy atom. The smallest absolute Gasteiger partial charge is 0.211 e. The standard InChI is InChI=1S/C7H6N2O2S2/c1-13(10,11)7-9-5-3-2-4-8-6(5)12-7/h2-4H,1H3. The lowest BCUT2D eigenvalue weighted by atomic mass is 10.5. The van der Waals surface area contributed by atoms with E-state index in [0.717, 1.165) is 17.6 Å². The second kappa shape index (κ2) is 2.74. The second-order valence-corrected chi connectivity index (χ2v) is 5.75. The summed E-state index contributed by atoms with van der Waals surface area (Å²) in [5.41, 5.74) is 0.632. The van der Waals surface area contributed by atoms with Gasteiger partial charge in [-0.2, -0.15) is 0 Å². The first kappa shape index (κ1) is 8.58. The van der Waals surface area contributed by atoms with Gasteiger partial charge >= 0.3 is 0 Å². The van der Waals surface area contributed by atoms with Gasteiger partial charge in [-0.15, -0.1) is 0 Å². The lowest BCUT2D eigenvalue weighted by molar-refractivity contribution is 0.601. The summed E-state index contributed by atoms with van der Waals surface area (Å²) in [6.45, 7) is 0. The fourth-order valence-corrected chi connectivity index (χ4v) is 2.66. The van der Waals surface area contributed by atoms with Crippen LogP contribution in [0.15, 0.2) is 22.7 Å². The van der Waals surface area contributed by atoms with Gasteiger partial charge in [-0.3, -0.25) is 0 Å². The van der Waals surface area contributed by atoms with Crippen LogP contribution in [-0.4, -0.2) is 24.6 Å². The van der Waals surface area contributed by atoms with Crippen LogP contribution in [0.5, 0.6) is 0 Å². The Labute approximate surface area is 79.2 Å². The van der Waals surface area contributed by atoms with Crippen LogP contribution in [0.1, 0.15) is 0 Å². The molecule has 2 rings (SSSR count). The summed E-state index contributed by atoms with van der Waals surface area (Å²) in [6, 6.07) is 3.47. The van der Waals surface area contributed by atoms with Gasteiger partial charge in [-0.1, -0.05) is 11.3 Å². The van der Waals surface area contributed by atoms with Crippen molar-refractivity contribution < 1.29 is 8.42 Å². The molecule has 0 bridgehead atoms. The largest absolute Gasteiger partial charge is 0.244 e. The molecule has 0 atom stereocenters. The molecule has 0 aliphatic rings. The van der Waals surface area contributed by atoms with Crippen molar-refractivity contribution in [3.05, 3.63) is 18.3 Å². The number of hydrogen-bond acceptors (Lipinski definition) is 5. The zero-order chi connectivity index (χ0) is 9.47. The average Bonchev–Trinajstić information content (AvgIpc) is 2.45. The normalized spacial score (nSPS) is 12.1. The third-order valence-corrected chi connectivity index (χ3v) is 4.12. The summed E-state index contributed by atoms with van der Waals surface area (Å²) in [5.74, 6) is 0. The molecule has 0 aliphatic carbocycles. The Hall–Kier alpha value is -1.01. The van der Waals surface area contributed by atoms with Crippen molar-refractivity contribution >= 4 is 31.5 Å². The van der Waals surface area contributed by atoms with Crippen LogP contribution in [0.4, 0.5) is 0 Å². The van der Waals surface area contributed by atoms with Gasteiger partial charge < -0.3 is 0 Å². The number of rotatable bonds is 1. The van der Waals surface area contributed by atoms with Crippen molar-refractivity contribution in [3.8, 4) is 0 Å². The quantitative estimate of drug-likeness (QED) is 0.713. The highest BCUT2D eigenvalue weighted by Crippen LogP contribution is 2.22. The molecule has 0 fully saturated rings. The maximum Gasteiger partial charge on any atom is 0.211 e. The summed E-state index contributed by atoms with van der Waals surface area (Å²) in [5, 5.41) is 0. The van der Waals surface area contributed by atoms with E-state index in [1.165, 1.54) is 0 Å². The highest BCUT2D eigenvalue weighted by atomic mass is 32.2. The van der Waals surface area contributed by atoms with Gasteiger partial charge in [0.2, 0.25) is 14.2 Å². The van der Waals surface area contributed by atoms with Crippen molar-refractivity contribution in [2.75, 3.05) is 6.26 Å². The molecule has 0 saturated heterocycles. The summed E-state index contributed by atoms with van der Waals surface area (Å²) >= 11 is 1.09. The van der Waals surface area contributed by atoms with Crippen LogP contribution in [0.25, 0.3) is 10.3 Å². The minimum atomic E-state index is -3.20. The molecule has 0 aromatic carbocycles. The third kappa shape index (κ3) is 1.54. The Morgan fingerprint density at radius 1 is 1.46 bits per heavy atom. The molecule has 4 nitrogen and oxygen atoms in total. The zero-order valence-corrected chi connectivity index (χ0v) is 8.39. The first-order valence-electron chi connectivity index (χ1n) is 3.49. The molecule has 6 heteroatoms. The molecular formula is C7H6N2O2S2. The van der Waals surface area contributed by atoms with Crippen molar-refractivity contribution in [2.24, 2.45) is 0 Å². The number of sulfone groups is 1. The molecule has 0 aliphatic heterocycles. The van der Waals surface area contributed by atoms with E-state index >= 15 is 0 Å². The van der Waals surface area contributed by atoms with E-state index < -0.39 is 9.84 Å². The number of aromatic nitrogens is 2. The first-order valence-corrected chi connectivity index (χ1v) is 6.20. The number of fused-ring (bicyclic) bond motifs is 1. The van der Waals surface area contributed by atoms with Crippen LogP contribution in [-0.2, 0) is 9.84 Å². The van der Waals surface area contributed by atoms with Crippen LogP contribution in [0.3, 0.4) is 0 Å². The first-order chi connectivity index (χ1) is 6.07. The van der Waals surface area contributed by atoms with Crippen molar-refractivity contribution in [2.45, 2.75) is 4.34 Å². The highest BCUT2D eigenvalue weighted by Gasteiger charge is 2.13. The van der Waals surface area contributed by atoms with Gasteiger partial charge in [0.25, 0.3) is 0 Å². The Bertz CT molecular complexity index is 511. The summed E-state index contributed by atoms with van der Waals surface area (Å²) < 4.78 is 22.4. The van der Waals surface area contributed by atoms with Gasteiger partial charge in [-0.25, -0.2) is 18.4 Å². The van der Waals surface area contributed by atoms with Gasteiger partial charge in [0, 0.05) is 12.5 Å². The zero-order valence-electron chi connectivity index (χ0n) is 6.76. The van der Waals surface area contributed by atoms with Crippen molar-refractivity contribution in [1.82, 2.24) is 9.97 Å². The number of nitrogens with zero attached hydrogens (tertiary/aromatic N) is 2. The third-order valence-electron chi connectivity index (χ3n) is 1.46. The fraction of sp³-hybridized carbons (Fsp3) is 0.143. The molecule has 13 heavy (non-hydrogen) atoms. The minimum absolute atomic E-state index is 0.126. The lowest BCUT2D eigenvalue weighted by Gasteiger charge is -1.85. The second-order valence-electron chi connectivity index (χ2n) is 2.58. The minimum Gasteiger partial charge on any atom is -0.244 e. The monoisotopic (exact) mass is 214 g/mol. The molecule has 0 unspecified atom stereocenters. The molecule has 68 valence electrons. The van der Waals surface area contributed by atoms with Crippen LogP contribution in [0, 0.1) is 0 Å². The molecule has 0 spiro atoms. The SMILES string of the molecule is CS(=O)(=O)c1nc2cccnc2s1. The average molecular weight is 214 g/mol. The van der Waals surface area contributed by atoms with E-state index in [2.05, 4.69) is 9.97 Å². The van der Waals surface area contributed by atoms with E-state index in [1.54, 1.807) is 18.3 Å². The van der Waals surface area contributed by atoms with Crippen LogP contribution >= 0.6 is 11.3 Å². The Morgan fingerprint density at radius 2 is 2.23 bits per heavy atom. The molecule has 2 heterocycles. The Kier molecular flexibility index (Phi) is 1.81. The van der Waals surface area contributed by atoms with Gasteiger partial charge in [0.1, 0.15) is 10.3 Å². The summed E-state index contributed by atoms with van der Waals surface area (Å²) in [7, 11) is -3.20. The van der Waals surface area contributed by atoms with E-state index in [0.29, 0.717) is 10.3 Å². The molecule has 0 radical (unpaired) electrons. The fourth-order valence-electron chi connectivity index (χ4n) is 0.909. The molecule has 0 N–H and O–H groups in total. The topological polar surface area (TPSA) is 59.9 Å². The predicted octanol–water partition coefficient (Wildman–Crippen LogP) is 1.09. The lowest BCUT2D eigenvalue weighted by Crippen LogP contribution is -1.94. The van der Waals surface area contributed by atoms with Gasteiger partial charge in [-0.05, 0) is 12.1 Å². The molecule has 0 amide bonds. The van der Waals surface area contributed by atoms with E-state index in [4.69, 9.17) is 0 Å². The molecular weight excluding hydrogens is 208 g/mol. The Balaban J connectivity index is 2.77. The number of hydrogen-bond donors (Lipinski definition) is 0. The molecule has 2 aromatic heterocycles. The maximum atomic E-state index is 11.1. The van der Waals surface area contributed by atoms with Crippen molar-refractivity contribution in [1.29, 1.82) is 0 Å². The number of thiazole rings is 1. The van der Waals surface area contributed by atoms with E-state index in [9.17, 15) is 8.42 Å². The summed E-state index contributed by atoms with van der Waals surface area (Å²) in [6.07, 6.45) is 2.76. The highest BCUT2D eigenvalue weighted by molar-refractivity contribution is 7.92. The maximum absolute atomic E-state index is 11.1. The van der Waals surface area contributed by atoms with E-state index in [1.807, 2.05) is 0 Å².